The number of fused-ring (bicyclic) bond motifs is 1. The standard InChI is InChI=1S/C20H17ClN4O2S/c21-15-3-1-4-16(13-15)22-20(28)24-12-11-23-10-2-5-18(23)19(24)14-6-8-17(9-7-14)25(26)27/h1-10,13,19H,11-12H2,(H,22,28)/t19-/m0/s1. The van der Waals surface area contributed by atoms with E-state index in [1.165, 1.54) is 12.1 Å². The first-order valence-electron chi connectivity index (χ1n) is 8.75. The third kappa shape index (κ3) is 3.58. The Balaban J connectivity index is 1.67. The van der Waals surface area contributed by atoms with Crippen molar-refractivity contribution in [3.8, 4) is 0 Å². The second-order valence-electron chi connectivity index (χ2n) is 6.51. The van der Waals surface area contributed by atoms with Crippen LogP contribution in [0.5, 0.6) is 0 Å². The minimum Gasteiger partial charge on any atom is -0.348 e. The summed E-state index contributed by atoms with van der Waals surface area (Å²) in [6, 6.07) is 18.0. The number of nitrogens with one attached hydrogen (secondary N) is 1. The second kappa shape index (κ2) is 7.61. The summed E-state index contributed by atoms with van der Waals surface area (Å²) >= 11 is 11.8. The fourth-order valence-electron chi connectivity index (χ4n) is 3.49. The molecule has 28 heavy (non-hydrogen) atoms. The molecule has 0 saturated heterocycles. The highest BCUT2D eigenvalue weighted by molar-refractivity contribution is 7.80. The molecule has 4 rings (SSSR count). The molecule has 1 aliphatic heterocycles. The Morgan fingerprint density at radius 3 is 2.64 bits per heavy atom. The van der Waals surface area contributed by atoms with Gasteiger partial charge in [0.2, 0.25) is 0 Å². The fourth-order valence-corrected chi connectivity index (χ4v) is 4.00. The first kappa shape index (κ1) is 18.5. The topological polar surface area (TPSA) is 63.3 Å². The van der Waals surface area contributed by atoms with Gasteiger partial charge in [-0.05, 0) is 60.2 Å². The minimum atomic E-state index is -0.392. The van der Waals surface area contributed by atoms with Crippen molar-refractivity contribution in [3.05, 3.63) is 93.3 Å². The molecule has 1 aromatic heterocycles. The van der Waals surface area contributed by atoms with Crippen LogP contribution >= 0.6 is 23.8 Å². The quantitative estimate of drug-likeness (QED) is 0.378. The van der Waals surface area contributed by atoms with E-state index in [0.29, 0.717) is 10.1 Å². The number of rotatable bonds is 3. The average Bonchev–Trinajstić information content (AvgIpc) is 3.16. The monoisotopic (exact) mass is 412 g/mol. The normalized spacial score (nSPS) is 15.8. The molecule has 8 heteroatoms. The van der Waals surface area contributed by atoms with E-state index in [-0.39, 0.29) is 11.7 Å². The van der Waals surface area contributed by atoms with Gasteiger partial charge in [0.25, 0.3) is 5.69 Å². The van der Waals surface area contributed by atoms with Crippen LogP contribution in [-0.2, 0) is 6.54 Å². The van der Waals surface area contributed by atoms with Gasteiger partial charge in [0.15, 0.2) is 5.11 Å². The molecule has 1 atom stereocenters. The van der Waals surface area contributed by atoms with Gasteiger partial charge in [0, 0.05) is 47.8 Å². The summed E-state index contributed by atoms with van der Waals surface area (Å²) in [6.07, 6.45) is 2.04. The number of anilines is 1. The summed E-state index contributed by atoms with van der Waals surface area (Å²) in [7, 11) is 0. The van der Waals surface area contributed by atoms with Crippen LogP contribution in [0.25, 0.3) is 0 Å². The van der Waals surface area contributed by atoms with Crippen molar-refractivity contribution in [1.82, 2.24) is 9.47 Å². The maximum absolute atomic E-state index is 11.0. The number of halogens is 1. The van der Waals surface area contributed by atoms with Crippen LogP contribution in [0.1, 0.15) is 17.3 Å². The van der Waals surface area contributed by atoms with E-state index in [0.717, 1.165) is 30.0 Å². The average molecular weight is 413 g/mol. The third-order valence-electron chi connectivity index (χ3n) is 4.79. The predicted octanol–water partition coefficient (Wildman–Crippen LogP) is 4.85. The molecule has 0 fully saturated rings. The highest BCUT2D eigenvalue weighted by Crippen LogP contribution is 2.34. The Morgan fingerprint density at radius 2 is 1.93 bits per heavy atom. The summed E-state index contributed by atoms with van der Waals surface area (Å²) < 4.78 is 2.19. The molecule has 1 N–H and O–H groups in total. The van der Waals surface area contributed by atoms with Crippen LogP contribution < -0.4 is 5.32 Å². The molecule has 0 unspecified atom stereocenters. The van der Waals surface area contributed by atoms with E-state index in [4.69, 9.17) is 23.8 Å². The lowest BCUT2D eigenvalue weighted by atomic mass is 10.00. The molecular formula is C20H17ClN4O2S. The minimum absolute atomic E-state index is 0.0705. The van der Waals surface area contributed by atoms with E-state index in [1.54, 1.807) is 12.1 Å². The van der Waals surface area contributed by atoms with Crippen molar-refractivity contribution in [2.45, 2.75) is 12.6 Å². The number of hydrogen-bond acceptors (Lipinski definition) is 3. The first-order valence-corrected chi connectivity index (χ1v) is 9.54. The molecule has 2 heterocycles. The number of nitro groups is 1. The number of hydrogen-bond donors (Lipinski definition) is 1. The summed E-state index contributed by atoms with van der Waals surface area (Å²) in [4.78, 5) is 12.7. The molecule has 0 radical (unpaired) electrons. The van der Waals surface area contributed by atoms with Crippen LogP contribution in [-0.4, -0.2) is 26.0 Å². The maximum Gasteiger partial charge on any atom is 0.269 e. The Kier molecular flexibility index (Phi) is 5.02. The van der Waals surface area contributed by atoms with Gasteiger partial charge in [-0.1, -0.05) is 17.7 Å². The van der Waals surface area contributed by atoms with Crippen LogP contribution in [0.2, 0.25) is 5.02 Å². The molecule has 2 aromatic carbocycles. The number of thiocarbonyl (C=S) groups is 1. The van der Waals surface area contributed by atoms with Crippen molar-refractivity contribution in [2.24, 2.45) is 0 Å². The third-order valence-corrected chi connectivity index (χ3v) is 5.37. The van der Waals surface area contributed by atoms with E-state index in [2.05, 4.69) is 20.9 Å². The molecule has 3 aromatic rings. The fraction of sp³-hybridized carbons (Fsp3) is 0.150. The second-order valence-corrected chi connectivity index (χ2v) is 7.33. The van der Waals surface area contributed by atoms with Gasteiger partial charge >= 0.3 is 0 Å². The largest absolute Gasteiger partial charge is 0.348 e. The van der Waals surface area contributed by atoms with Gasteiger partial charge in [-0.15, -0.1) is 0 Å². The zero-order valence-corrected chi connectivity index (χ0v) is 16.4. The molecule has 0 bridgehead atoms. The number of nitrogens with zero attached hydrogens (tertiary/aromatic N) is 3. The van der Waals surface area contributed by atoms with Crippen LogP contribution in [0.15, 0.2) is 66.9 Å². The lowest BCUT2D eigenvalue weighted by Crippen LogP contribution is -2.44. The van der Waals surface area contributed by atoms with Gasteiger partial charge in [-0.3, -0.25) is 10.1 Å². The Labute approximate surface area is 172 Å². The SMILES string of the molecule is O=[N+]([O-])c1ccc([C@H]2c3cccn3CCN2C(=S)Nc2cccc(Cl)c2)cc1. The predicted molar refractivity (Wildman–Crippen MR) is 114 cm³/mol. The molecule has 0 spiro atoms. The number of non-ortho nitro benzene ring substituents is 1. The van der Waals surface area contributed by atoms with E-state index >= 15 is 0 Å². The number of nitro benzene ring substituents is 1. The Hall–Kier alpha value is -2.90. The highest BCUT2D eigenvalue weighted by atomic mass is 35.5. The van der Waals surface area contributed by atoms with Crippen molar-refractivity contribution in [1.29, 1.82) is 0 Å². The lowest BCUT2D eigenvalue weighted by Gasteiger charge is -2.39. The molecule has 6 nitrogen and oxygen atoms in total. The first-order chi connectivity index (χ1) is 13.5. The Bertz CT molecular complexity index is 1030. The smallest absolute Gasteiger partial charge is 0.269 e. The van der Waals surface area contributed by atoms with Crippen molar-refractivity contribution in [3.63, 3.8) is 0 Å². The summed E-state index contributed by atoms with van der Waals surface area (Å²) in [6.45, 7) is 1.53. The molecule has 0 saturated carbocycles. The maximum atomic E-state index is 11.0. The van der Waals surface area contributed by atoms with Gasteiger partial charge in [-0.2, -0.15) is 0 Å². The molecule has 0 amide bonds. The van der Waals surface area contributed by atoms with Crippen LogP contribution in [0, 0.1) is 10.1 Å². The number of benzene rings is 2. The van der Waals surface area contributed by atoms with Crippen molar-refractivity contribution < 1.29 is 4.92 Å². The zero-order chi connectivity index (χ0) is 19.7. The molecule has 1 aliphatic rings. The van der Waals surface area contributed by atoms with Crippen molar-refractivity contribution >= 4 is 40.3 Å². The van der Waals surface area contributed by atoms with Crippen LogP contribution in [0.3, 0.4) is 0 Å². The lowest BCUT2D eigenvalue weighted by molar-refractivity contribution is -0.384. The van der Waals surface area contributed by atoms with Crippen LogP contribution in [0.4, 0.5) is 11.4 Å². The molecule has 0 aliphatic carbocycles. The summed E-state index contributed by atoms with van der Waals surface area (Å²) in [5.41, 5.74) is 2.93. The van der Waals surface area contributed by atoms with Gasteiger partial charge < -0.3 is 14.8 Å². The molecular weight excluding hydrogens is 396 g/mol. The van der Waals surface area contributed by atoms with Gasteiger partial charge in [-0.25, -0.2) is 0 Å². The van der Waals surface area contributed by atoms with Gasteiger partial charge in [0.1, 0.15) is 0 Å². The van der Waals surface area contributed by atoms with E-state index < -0.39 is 4.92 Å². The highest BCUT2D eigenvalue weighted by Gasteiger charge is 2.30. The van der Waals surface area contributed by atoms with E-state index in [9.17, 15) is 10.1 Å². The zero-order valence-electron chi connectivity index (χ0n) is 14.8. The van der Waals surface area contributed by atoms with E-state index in [1.807, 2.05) is 36.5 Å². The van der Waals surface area contributed by atoms with Gasteiger partial charge in [0.05, 0.1) is 11.0 Å². The van der Waals surface area contributed by atoms with Crippen molar-refractivity contribution in [2.75, 3.05) is 11.9 Å². The summed E-state index contributed by atoms with van der Waals surface area (Å²) in [5, 5.41) is 15.5. The Morgan fingerprint density at radius 1 is 1.14 bits per heavy atom. The molecule has 142 valence electrons. The summed E-state index contributed by atoms with van der Waals surface area (Å²) in [5.74, 6) is 0. The number of aromatic nitrogens is 1.